The van der Waals surface area contributed by atoms with E-state index < -0.39 is 5.60 Å². The minimum Gasteiger partial charge on any atom is -0.460 e. The van der Waals surface area contributed by atoms with Crippen molar-refractivity contribution in [1.29, 1.82) is 0 Å². The van der Waals surface area contributed by atoms with Gasteiger partial charge in [0.25, 0.3) is 0 Å². The van der Waals surface area contributed by atoms with Crippen LogP contribution in [0.3, 0.4) is 0 Å². The molecule has 0 bridgehead atoms. The van der Waals surface area contributed by atoms with Crippen molar-refractivity contribution in [2.75, 3.05) is 24.5 Å². The maximum atomic E-state index is 12.3. The standard InChI is InChI=1S/C20H31N3O4/c1-14(2)26-19(25)16-7-6-10-22-18(16)23-12-9-15(13-23)21-11-8-17(24)27-20(3,4)5/h6-7,10,14-15,21H,8-9,11-13H2,1-5H3. The van der Waals surface area contributed by atoms with Crippen LogP contribution in [0.1, 0.15) is 57.8 Å². The van der Waals surface area contributed by atoms with E-state index in [-0.39, 0.29) is 24.1 Å². The highest BCUT2D eigenvalue weighted by Crippen LogP contribution is 2.23. The molecule has 0 aliphatic carbocycles. The minimum absolute atomic E-state index is 0.175. The number of carbonyl (C=O) groups excluding carboxylic acids is 2. The molecule has 1 aromatic heterocycles. The second-order valence-electron chi connectivity index (χ2n) is 8.05. The number of esters is 2. The number of nitrogens with zero attached hydrogens (tertiary/aromatic N) is 2. The summed E-state index contributed by atoms with van der Waals surface area (Å²) in [6.07, 6.45) is 2.77. The van der Waals surface area contributed by atoms with Crippen LogP contribution in [-0.4, -0.2) is 54.3 Å². The van der Waals surface area contributed by atoms with E-state index in [1.165, 1.54) is 0 Å². The van der Waals surface area contributed by atoms with Gasteiger partial charge in [0.1, 0.15) is 17.0 Å². The molecule has 27 heavy (non-hydrogen) atoms. The molecule has 1 aliphatic heterocycles. The summed E-state index contributed by atoms with van der Waals surface area (Å²) in [6.45, 7) is 11.3. The Kier molecular flexibility index (Phi) is 7.18. The van der Waals surface area contributed by atoms with Gasteiger partial charge in [-0.05, 0) is 53.2 Å². The molecular weight excluding hydrogens is 346 g/mol. The Labute approximate surface area is 161 Å². The van der Waals surface area contributed by atoms with Gasteiger partial charge in [0, 0.05) is 31.9 Å². The van der Waals surface area contributed by atoms with Gasteiger partial charge in [0.2, 0.25) is 0 Å². The van der Waals surface area contributed by atoms with Crippen molar-refractivity contribution < 1.29 is 19.1 Å². The maximum absolute atomic E-state index is 12.3. The second-order valence-corrected chi connectivity index (χ2v) is 8.05. The molecule has 150 valence electrons. The summed E-state index contributed by atoms with van der Waals surface area (Å²) in [4.78, 5) is 30.6. The van der Waals surface area contributed by atoms with Gasteiger partial charge in [-0.25, -0.2) is 9.78 Å². The first-order valence-electron chi connectivity index (χ1n) is 9.52. The van der Waals surface area contributed by atoms with Crippen molar-refractivity contribution in [3.05, 3.63) is 23.9 Å². The summed E-state index contributed by atoms with van der Waals surface area (Å²) < 4.78 is 10.6. The Morgan fingerprint density at radius 1 is 1.37 bits per heavy atom. The molecule has 1 N–H and O–H groups in total. The smallest absolute Gasteiger partial charge is 0.342 e. The molecule has 1 unspecified atom stereocenters. The molecule has 7 heteroatoms. The lowest BCUT2D eigenvalue weighted by Crippen LogP contribution is -2.35. The topological polar surface area (TPSA) is 80.8 Å². The summed E-state index contributed by atoms with van der Waals surface area (Å²) in [5.74, 6) is 0.0994. The Morgan fingerprint density at radius 3 is 2.78 bits per heavy atom. The van der Waals surface area contributed by atoms with Crippen molar-refractivity contribution in [1.82, 2.24) is 10.3 Å². The van der Waals surface area contributed by atoms with Crippen molar-refractivity contribution in [3.8, 4) is 0 Å². The number of hydrogen-bond acceptors (Lipinski definition) is 7. The molecule has 7 nitrogen and oxygen atoms in total. The Hall–Kier alpha value is -2.15. The molecule has 0 aromatic carbocycles. The van der Waals surface area contributed by atoms with Gasteiger partial charge in [-0.15, -0.1) is 0 Å². The van der Waals surface area contributed by atoms with Crippen LogP contribution in [0.5, 0.6) is 0 Å². The van der Waals surface area contributed by atoms with E-state index in [9.17, 15) is 9.59 Å². The number of nitrogens with one attached hydrogen (secondary N) is 1. The number of pyridine rings is 1. The van der Waals surface area contributed by atoms with E-state index in [4.69, 9.17) is 9.47 Å². The zero-order valence-corrected chi connectivity index (χ0v) is 16.9. The monoisotopic (exact) mass is 377 g/mol. The normalized spacial score (nSPS) is 17.3. The molecule has 2 heterocycles. The minimum atomic E-state index is -0.457. The van der Waals surface area contributed by atoms with Crippen LogP contribution in [0.4, 0.5) is 5.82 Å². The maximum Gasteiger partial charge on any atom is 0.342 e. The van der Waals surface area contributed by atoms with E-state index in [0.717, 1.165) is 19.5 Å². The SMILES string of the molecule is CC(C)OC(=O)c1cccnc1N1CCC(NCCC(=O)OC(C)(C)C)C1. The van der Waals surface area contributed by atoms with E-state index >= 15 is 0 Å². The number of rotatable bonds is 7. The summed E-state index contributed by atoms with van der Waals surface area (Å²) in [6, 6.07) is 3.73. The number of carbonyl (C=O) groups is 2. The van der Waals surface area contributed by atoms with Crippen molar-refractivity contribution in [2.45, 2.75) is 65.2 Å². The lowest BCUT2D eigenvalue weighted by Gasteiger charge is -2.21. The van der Waals surface area contributed by atoms with Crippen LogP contribution < -0.4 is 10.2 Å². The molecule has 0 spiro atoms. The summed E-state index contributed by atoms with van der Waals surface area (Å²) >= 11 is 0. The highest BCUT2D eigenvalue weighted by molar-refractivity contribution is 5.94. The molecular formula is C20H31N3O4. The van der Waals surface area contributed by atoms with Crippen molar-refractivity contribution in [3.63, 3.8) is 0 Å². The summed E-state index contributed by atoms with van der Waals surface area (Å²) in [5, 5.41) is 3.39. The molecule has 1 fully saturated rings. The van der Waals surface area contributed by atoms with E-state index in [1.807, 2.05) is 34.6 Å². The summed E-state index contributed by atoms with van der Waals surface area (Å²) in [7, 11) is 0. The lowest BCUT2D eigenvalue weighted by atomic mass is 10.2. The number of hydrogen-bond donors (Lipinski definition) is 1. The van der Waals surface area contributed by atoms with E-state index in [1.54, 1.807) is 18.3 Å². The zero-order valence-electron chi connectivity index (χ0n) is 16.9. The molecule has 1 saturated heterocycles. The van der Waals surface area contributed by atoms with Gasteiger partial charge in [0.05, 0.1) is 12.5 Å². The van der Waals surface area contributed by atoms with Crippen LogP contribution in [0.2, 0.25) is 0 Å². The van der Waals surface area contributed by atoms with Crippen LogP contribution in [-0.2, 0) is 14.3 Å². The zero-order chi connectivity index (χ0) is 20.0. The fraction of sp³-hybridized carbons (Fsp3) is 0.650. The Bertz CT molecular complexity index is 655. The summed E-state index contributed by atoms with van der Waals surface area (Å²) in [5.41, 5.74) is 0.0295. The highest BCUT2D eigenvalue weighted by Gasteiger charge is 2.27. The predicted octanol–water partition coefficient (Wildman–Crippen LogP) is 2.55. The number of anilines is 1. The molecule has 2 rings (SSSR count). The molecule has 1 aromatic rings. The fourth-order valence-corrected chi connectivity index (χ4v) is 2.98. The predicted molar refractivity (Wildman–Crippen MR) is 104 cm³/mol. The van der Waals surface area contributed by atoms with Crippen LogP contribution in [0.25, 0.3) is 0 Å². The van der Waals surface area contributed by atoms with Gasteiger partial charge < -0.3 is 19.7 Å². The lowest BCUT2D eigenvalue weighted by molar-refractivity contribution is -0.154. The highest BCUT2D eigenvalue weighted by atomic mass is 16.6. The Morgan fingerprint density at radius 2 is 2.11 bits per heavy atom. The van der Waals surface area contributed by atoms with Gasteiger partial charge in [-0.3, -0.25) is 4.79 Å². The fourth-order valence-electron chi connectivity index (χ4n) is 2.98. The average Bonchev–Trinajstić information content (AvgIpc) is 3.01. The number of aromatic nitrogens is 1. The van der Waals surface area contributed by atoms with Crippen molar-refractivity contribution >= 4 is 17.8 Å². The third-order valence-corrected chi connectivity index (χ3v) is 4.02. The van der Waals surface area contributed by atoms with E-state index in [0.29, 0.717) is 24.3 Å². The van der Waals surface area contributed by atoms with Gasteiger partial charge >= 0.3 is 11.9 Å². The average molecular weight is 377 g/mol. The van der Waals surface area contributed by atoms with Gasteiger partial charge in [-0.1, -0.05) is 0 Å². The molecule has 0 radical (unpaired) electrons. The van der Waals surface area contributed by atoms with Gasteiger partial charge in [-0.2, -0.15) is 0 Å². The first-order valence-corrected chi connectivity index (χ1v) is 9.52. The molecule has 0 saturated carbocycles. The number of ether oxygens (including phenoxy) is 2. The van der Waals surface area contributed by atoms with Crippen LogP contribution in [0.15, 0.2) is 18.3 Å². The third-order valence-electron chi connectivity index (χ3n) is 4.02. The van der Waals surface area contributed by atoms with Crippen LogP contribution in [0, 0.1) is 0 Å². The quantitative estimate of drug-likeness (QED) is 0.731. The molecule has 0 amide bonds. The first kappa shape index (κ1) is 21.2. The second kappa shape index (κ2) is 9.17. The Balaban J connectivity index is 1.87. The van der Waals surface area contributed by atoms with Crippen LogP contribution >= 0.6 is 0 Å². The molecule has 1 aliphatic rings. The molecule has 1 atom stereocenters. The van der Waals surface area contributed by atoms with Gasteiger partial charge in [0.15, 0.2) is 0 Å². The van der Waals surface area contributed by atoms with E-state index in [2.05, 4.69) is 15.2 Å². The largest absolute Gasteiger partial charge is 0.460 e. The first-order chi connectivity index (χ1) is 12.7. The van der Waals surface area contributed by atoms with Crippen molar-refractivity contribution in [2.24, 2.45) is 0 Å². The third kappa shape index (κ3) is 6.82.